The second-order valence-corrected chi connectivity index (χ2v) is 11.3. The number of ether oxygens (including phenoxy) is 8. The minimum absolute atomic E-state index is 0.0952. The van der Waals surface area contributed by atoms with Gasteiger partial charge in [-0.05, 0) is 35.4 Å². The van der Waals surface area contributed by atoms with Gasteiger partial charge in [-0.1, -0.05) is 5.16 Å². The molecular formula is C33H44N4O12. The van der Waals surface area contributed by atoms with Gasteiger partial charge in [0, 0.05) is 23.6 Å². The van der Waals surface area contributed by atoms with Crippen LogP contribution in [0.15, 0.2) is 29.4 Å². The van der Waals surface area contributed by atoms with Crippen molar-refractivity contribution in [1.82, 2.24) is 10.7 Å². The van der Waals surface area contributed by atoms with Crippen LogP contribution in [0.4, 0.5) is 0 Å². The number of hydrogen-bond acceptors (Lipinski definition) is 14. The molecule has 2 heterocycles. The molecule has 2 aromatic rings. The first-order valence-electron chi connectivity index (χ1n) is 16.1. The molecule has 1 aliphatic carbocycles. The third-order valence-corrected chi connectivity index (χ3v) is 8.42. The summed E-state index contributed by atoms with van der Waals surface area (Å²) in [5, 5.41) is 17.6. The number of nitrogens with one attached hydrogen (secondary N) is 2. The lowest BCUT2D eigenvalue weighted by Gasteiger charge is -2.37. The Morgan fingerprint density at radius 2 is 1.59 bits per heavy atom. The van der Waals surface area contributed by atoms with Crippen LogP contribution in [0, 0.1) is 11.8 Å². The van der Waals surface area contributed by atoms with Crippen LogP contribution in [0.3, 0.4) is 0 Å². The fourth-order valence-corrected chi connectivity index (χ4v) is 6.17. The summed E-state index contributed by atoms with van der Waals surface area (Å²) in [7, 11) is 3.04. The van der Waals surface area contributed by atoms with Crippen LogP contribution in [-0.4, -0.2) is 110 Å². The number of aliphatic hydroxyl groups excluding tert-OH is 1. The van der Waals surface area contributed by atoms with Gasteiger partial charge in [-0.2, -0.15) is 0 Å². The molecule has 3 atom stereocenters. The monoisotopic (exact) mass is 688 g/mol. The Kier molecular flexibility index (Phi) is 13.3. The number of aliphatic hydroxyl groups is 1. The van der Waals surface area contributed by atoms with Crippen molar-refractivity contribution in [3.8, 4) is 23.0 Å². The molecule has 2 amide bonds. The van der Waals surface area contributed by atoms with Gasteiger partial charge < -0.3 is 53.2 Å². The number of nitrogens with two attached hydrogens (primary N) is 1. The zero-order valence-electron chi connectivity index (χ0n) is 27.7. The number of nitrogens with zero attached hydrogens (tertiary/aromatic N) is 1. The van der Waals surface area contributed by atoms with E-state index in [9.17, 15) is 14.7 Å². The lowest BCUT2D eigenvalue weighted by molar-refractivity contribution is -0.127. The Morgan fingerprint density at radius 1 is 0.918 bits per heavy atom. The highest BCUT2D eigenvalue weighted by molar-refractivity contribution is 6.08. The maximum Gasteiger partial charge on any atom is 0.236 e. The standard InChI is InChI=1S/C33H44N4O12/c1-41-27-14-20(13-21(17-38)32(27)42-2)29-22-15-25-26(48-19-47-25)16-23(22)31-24(18-49-37-31)30(29)33(40)35-4-6-44-8-10-46-12-11-45-9-7-43-5-3-28(39)36-34/h13-16,24,29-30,38H,3-12,17-19,34H2,1-2H3,(H,35,40)(H,36,39)/t24?,29-,30+/m1/s1. The first-order chi connectivity index (χ1) is 24.0. The second kappa shape index (κ2) is 18.0. The molecule has 49 heavy (non-hydrogen) atoms. The molecule has 0 bridgehead atoms. The second-order valence-electron chi connectivity index (χ2n) is 11.3. The maximum atomic E-state index is 14.1. The van der Waals surface area contributed by atoms with Crippen molar-refractivity contribution in [2.75, 3.05) is 87.0 Å². The van der Waals surface area contributed by atoms with Crippen molar-refractivity contribution in [2.24, 2.45) is 22.8 Å². The number of rotatable bonds is 20. The van der Waals surface area contributed by atoms with Gasteiger partial charge in [-0.15, -0.1) is 0 Å². The average molecular weight is 689 g/mol. The molecule has 5 N–H and O–H groups in total. The summed E-state index contributed by atoms with van der Waals surface area (Å²) in [5.41, 5.74) is 5.64. The molecule has 0 fully saturated rings. The van der Waals surface area contributed by atoms with Crippen LogP contribution in [0.1, 0.15) is 34.6 Å². The highest BCUT2D eigenvalue weighted by atomic mass is 16.7. The van der Waals surface area contributed by atoms with Crippen LogP contribution in [0.25, 0.3) is 0 Å². The summed E-state index contributed by atoms with van der Waals surface area (Å²) in [6, 6.07) is 7.45. The molecule has 0 saturated heterocycles. The Labute approximate surface area is 284 Å². The molecule has 3 aliphatic rings. The first kappa shape index (κ1) is 36.1. The van der Waals surface area contributed by atoms with Gasteiger partial charge in [0.05, 0.1) is 97.6 Å². The van der Waals surface area contributed by atoms with E-state index in [0.717, 1.165) is 16.7 Å². The fraction of sp³-hybridized carbons (Fsp3) is 0.545. The molecule has 2 aromatic carbocycles. The van der Waals surface area contributed by atoms with E-state index in [0.29, 0.717) is 73.9 Å². The molecule has 0 radical (unpaired) electrons. The summed E-state index contributed by atoms with van der Waals surface area (Å²) >= 11 is 0. The largest absolute Gasteiger partial charge is 0.493 e. The zero-order chi connectivity index (χ0) is 34.6. The van der Waals surface area contributed by atoms with Crippen molar-refractivity contribution in [1.29, 1.82) is 0 Å². The van der Waals surface area contributed by atoms with Gasteiger partial charge in [-0.25, -0.2) is 5.84 Å². The maximum absolute atomic E-state index is 14.1. The van der Waals surface area contributed by atoms with Crippen molar-refractivity contribution in [3.05, 3.63) is 46.5 Å². The third-order valence-electron chi connectivity index (χ3n) is 8.42. The highest BCUT2D eigenvalue weighted by Crippen LogP contribution is 2.51. The Hall–Kier alpha value is -4.19. The third kappa shape index (κ3) is 8.70. The topological polar surface area (TPSA) is 200 Å². The quantitative estimate of drug-likeness (QED) is 0.0653. The van der Waals surface area contributed by atoms with Crippen LogP contribution in [0.2, 0.25) is 0 Å². The summed E-state index contributed by atoms with van der Waals surface area (Å²) in [5.74, 6) is 5.14. The van der Waals surface area contributed by atoms with E-state index in [-0.39, 0.29) is 63.9 Å². The van der Waals surface area contributed by atoms with E-state index in [1.165, 1.54) is 14.2 Å². The minimum atomic E-state index is -0.613. The van der Waals surface area contributed by atoms with Gasteiger partial charge in [0.25, 0.3) is 0 Å². The van der Waals surface area contributed by atoms with Crippen LogP contribution in [-0.2, 0) is 40.0 Å². The van der Waals surface area contributed by atoms with E-state index in [4.69, 9.17) is 48.6 Å². The number of benzene rings is 2. The van der Waals surface area contributed by atoms with E-state index < -0.39 is 11.8 Å². The number of amides is 2. The Morgan fingerprint density at radius 3 is 2.24 bits per heavy atom. The molecule has 16 heteroatoms. The lowest BCUT2D eigenvalue weighted by atomic mass is 9.65. The van der Waals surface area contributed by atoms with Crippen molar-refractivity contribution < 1.29 is 57.4 Å². The van der Waals surface area contributed by atoms with Crippen LogP contribution >= 0.6 is 0 Å². The van der Waals surface area contributed by atoms with Crippen molar-refractivity contribution in [2.45, 2.75) is 18.9 Å². The average Bonchev–Trinajstić information content (AvgIpc) is 3.80. The SMILES string of the molecule is COc1cc([C@@H]2c3cc4c(cc3C3=NOCC3[C@@H]2C(=O)NCCOCCOCCOCCOCCC(=O)NN)OCO4)cc(CO)c1OC. The van der Waals surface area contributed by atoms with Gasteiger partial charge in [0.1, 0.15) is 6.61 Å². The van der Waals surface area contributed by atoms with Crippen LogP contribution < -0.4 is 35.5 Å². The summed E-state index contributed by atoms with van der Waals surface area (Å²) in [4.78, 5) is 30.7. The number of methoxy groups -OCH3 is 2. The Balaban J connectivity index is 1.17. The Bertz CT molecular complexity index is 1450. The number of carbonyl (C=O) groups excluding carboxylic acids is 2. The predicted octanol–water partition coefficient (Wildman–Crippen LogP) is 0.600. The molecule has 268 valence electrons. The van der Waals surface area contributed by atoms with Crippen molar-refractivity contribution >= 4 is 17.5 Å². The zero-order valence-corrected chi connectivity index (χ0v) is 27.7. The van der Waals surface area contributed by atoms with Crippen LogP contribution in [0.5, 0.6) is 23.0 Å². The van der Waals surface area contributed by atoms with Gasteiger partial charge in [-0.3, -0.25) is 15.0 Å². The molecule has 0 saturated carbocycles. The van der Waals surface area contributed by atoms with Crippen molar-refractivity contribution in [3.63, 3.8) is 0 Å². The smallest absolute Gasteiger partial charge is 0.236 e. The molecule has 0 aromatic heterocycles. The molecule has 0 spiro atoms. The summed E-state index contributed by atoms with van der Waals surface area (Å²) < 4.78 is 44.5. The van der Waals surface area contributed by atoms with E-state index in [1.807, 2.05) is 29.7 Å². The number of hydrazine groups is 1. The first-order valence-corrected chi connectivity index (χ1v) is 16.1. The molecule has 1 unspecified atom stereocenters. The number of oxime groups is 1. The molecule has 2 aliphatic heterocycles. The fourth-order valence-electron chi connectivity index (χ4n) is 6.17. The van der Waals surface area contributed by atoms with E-state index in [2.05, 4.69) is 10.5 Å². The number of carbonyl (C=O) groups is 2. The normalized spacial score (nSPS) is 18.6. The molecular weight excluding hydrogens is 644 g/mol. The summed E-state index contributed by atoms with van der Waals surface area (Å²) in [6.45, 7) is 3.13. The predicted molar refractivity (Wildman–Crippen MR) is 173 cm³/mol. The van der Waals surface area contributed by atoms with E-state index >= 15 is 0 Å². The highest BCUT2D eigenvalue weighted by Gasteiger charge is 2.49. The van der Waals surface area contributed by atoms with Gasteiger partial charge in [0.2, 0.25) is 18.6 Å². The van der Waals surface area contributed by atoms with E-state index in [1.54, 1.807) is 0 Å². The molecule has 5 rings (SSSR count). The number of fused-ring (bicyclic) bond motifs is 4. The minimum Gasteiger partial charge on any atom is -0.493 e. The van der Waals surface area contributed by atoms with Gasteiger partial charge in [0.15, 0.2) is 23.0 Å². The lowest BCUT2D eigenvalue weighted by Crippen LogP contribution is -2.46. The molecule has 16 nitrogen and oxygen atoms in total. The van der Waals surface area contributed by atoms with Gasteiger partial charge >= 0.3 is 0 Å². The number of hydrogen-bond donors (Lipinski definition) is 4. The summed E-state index contributed by atoms with van der Waals surface area (Å²) in [6.07, 6.45) is 0.198.